The summed E-state index contributed by atoms with van der Waals surface area (Å²) < 4.78 is 6.96. The highest BCUT2D eigenvalue weighted by atomic mass is 79.9. The number of carboxylic acid groups (broad SMARTS) is 1. The minimum Gasteiger partial charge on any atom is -0.495 e. The molecule has 0 amide bonds. The SMILES string of the molecule is COc1ccc(C(=O)O)cc1NCc1ncc(Br)cc1Br. The second-order valence-electron chi connectivity index (χ2n) is 4.16. The number of nitrogens with one attached hydrogen (secondary N) is 1. The van der Waals surface area contributed by atoms with E-state index in [1.807, 2.05) is 6.07 Å². The minimum atomic E-state index is -0.983. The average molecular weight is 416 g/mol. The van der Waals surface area contributed by atoms with Crippen molar-refractivity contribution in [3.8, 4) is 5.75 Å². The van der Waals surface area contributed by atoms with Crippen molar-refractivity contribution >= 4 is 43.5 Å². The molecule has 0 aliphatic heterocycles. The zero-order valence-corrected chi connectivity index (χ0v) is 14.2. The fourth-order valence-electron chi connectivity index (χ4n) is 1.73. The van der Waals surface area contributed by atoms with Crippen LogP contribution in [0, 0.1) is 0 Å². The Morgan fingerprint density at radius 3 is 2.76 bits per heavy atom. The highest BCUT2D eigenvalue weighted by molar-refractivity contribution is 9.11. The number of hydrogen-bond donors (Lipinski definition) is 2. The van der Waals surface area contributed by atoms with Crippen LogP contribution in [0.5, 0.6) is 5.75 Å². The molecule has 2 rings (SSSR count). The van der Waals surface area contributed by atoms with Gasteiger partial charge in [0, 0.05) is 15.1 Å². The highest BCUT2D eigenvalue weighted by Gasteiger charge is 2.10. The van der Waals surface area contributed by atoms with E-state index in [4.69, 9.17) is 9.84 Å². The van der Waals surface area contributed by atoms with Gasteiger partial charge in [-0.3, -0.25) is 4.98 Å². The number of anilines is 1. The molecule has 0 spiro atoms. The lowest BCUT2D eigenvalue weighted by atomic mass is 10.2. The minimum absolute atomic E-state index is 0.195. The van der Waals surface area contributed by atoms with Crippen LogP contribution in [0.2, 0.25) is 0 Å². The largest absolute Gasteiger partial charge is 0.495 e. The van der Waals surface area contributed by atoms with Crippen molar-refractivity contribution in [1.29, 1.82) is 0 Å². The molecule has 2 aromatic rings. The Labute approximate surface area is 138 Å². The maximum atomic E-state index is 11.0. The summed E-state index contributed by atoms with van der Waals surface area (Å²) in [7, 11) is 1.54. The number of rotatable bonds is 5. The standard InChI is InChI=1S/C14H12Br2N2O3/c1-21-13-3-2-8(14(19)20)4-11(13)18-7-12-10(16)5-9(15)6-17-12/h2-6,18H,7H2,1H3,(H,19,20). The lowest BCUT2D eigenvalue weighted by Crippen LogP contribution is -2.06. The lowest BCUT2D eigenvalue weighted by molar-refractivity contribution is 0.0697. The van der Waals surface area contributed by atoms with Crippen LogP contribution in [0.25, 0.3) is 0 Å². The molecule has 0 aliphatic carbocycles. The molecule has 5 nitrogen and oxygen atoms in total. The first-order chi connectivity index (χ1) is 10.0. The number of benzene rings is 1. The summed E-state index contributed by atoms with van der Waals surface area (Å²) in [5.74, 6) is -0.406. The van der Waals surface area contributed by atoms with Crippen LogP contribution in [0.1, 0.15) is 16.1 Å². The van der Waals surface area contributed by atoms with Crippen molar-refractivity contribution in [3.05, 3.63) is 50.7 Å². The Hall–Kier alpha value is -1.60. The van der Waals surface area contributed by atoms with E-state index >= 15 is 0 Å². The molecular formula is C14H12Br2N2O3. The topological polar surface area (TPSA) is 71.5 Å². The van der Waals surface area contributed by atoms with Gasteiger partial charge in [-0.1, -0.05) is 0 Å². The Kier molecular flexibility index (Phi) is 5.19. The van der Waals surface area contributed by atoms with Crippen LogP contribution < -0.4 is 10.1 Å². The van der Waals surface area contributed by atoms with E-state index in [-0.39, 0.29) is 5.56 Å². The molecule has 1 heterocycles. The van der Waals surface area contributed by atoms with Crippen LogP contribution in [0.15, 0.2) is 39.4 Å². The van der Waals surface area contributed by atoms with Gasteiger partial charge in [-0.2, -0.15) is 0 Å². The van der Waals surface area contributed by atoms with Crippen molar-refractivity contribution in [3.63, 3.8) is 0 Å². The van der Waals surface area contributed by atoms with Gasteiger partial charge >= 0.3 is 5.97 Å². The predicted octanol–water partition coefficient (Wildman–Crippen LogP) is 3.93. The molecule has 0 bridgehead atoms. The van der Waals surface area contributed by atoms with Crippen LogP contribution in [0.4, 0.5) is 5.69 Å². The van der Waals surface area contributed by atoms with E-state index in [0.717, 1.165) is 14.6 Å². The third kappa shape index (κ3) is 3.95. The predicted molar refractivity (Wildman–Crippen MR) is 86.9 cm³/mol. The highest BCUT2D eigenvalue weighted by Crippen LogP contribution is 2.27. The Morgan fingerprint density at radius 1 is 1.38 bits per heavy atom. The molecule has 7 heteroatoms. The number of carboxylic acids is 1. The number of aromatic carboxylic acids is 1. The summed E-state index contributed by atoms with van der Waals surface area (Å²) in [5.41, 5.74) is 1.61. The molecule has 0 radical (unpaired) electrons. The zero-order valence-electron chi connectivity index (χ0n) is 11.1. The first kappa shape index (κ1) is 15.8. The van der Waals surface area contributed by atoms with Gasteiger partial charge < -0.3 is 15.2 Å². The summed E-state index contributed by atoms with van der Waals surface area (Å²) in [6.07, 6.45) is 1.70. The van der Waals surface area contributed by atoms with E-state index in [9.17, 15) is 4.79 Å². The van der Waals surface area contributed by atoms with E-state index in [2.05, 4.69) is 42.2 Å². The van der Waals surface area contributed by atoms with Gasteiger partial charge in [0.1, 0.15) is 5.75 Å². The number of methoxy groups -OCH3 is 1. The van der Waals surface area contributed by atoms with E-state index in [1.54, 1.807) is 12.3 Å². The maximum Gasteiger partial charge on any atom is 0.335 e. The zero-order chi connectivity index (χ0) is 15.4. The van der Waals surface area contributed by atoms with E-state index in [1.165, 1.54) is 19.2 Å². The maximum absolute atomic E-state index is 11.0. The molecule has 0 aliphatic rings. The molecule has 2 N–H and O–H groups in total. The van der Waals surface area contributed by atoms with Gasteiger partial charge in [0.05, 0.1) is 30.6 Å². The number of carbonyl (C=O) groups is 1. The number of hydrogen-bond acceptors (Lipinski definition) is 4. The monoisotopic (exact) mass is 414 g/mol. The number of halogens is 2. The number of ether oxygens (including phenoxy) is 1. The van der Waals surface area contributed by atoms with Gasteiger partial charge in [-0.25, -0.2) is 4.79 Å². The molecule has 0 unspecified atom stereocenters. The van der Waals surface area contributed by atoms with Gasteiger partial charge in [-0.05, 0) is 56.1 Å². The summed E-state index contributed by atoms with van der Waals surface area (Å²) >= 11 is 6.78. The fourth-order valence-corrected chi connectivity index (χ4v) is 2.86. The molecule has 0 fully saturated rings. The average Bonchev–Trinajstić information content (AvgIpc) is 2.46. The number of aromatic nitrogens is 1. The molecule has 0 atom stereocenters. The first-order valence-corrected chi connectivity index (χ1v) is 7.55. The lowest BCUT2D eigenvalue weighted by Gasteiger charge is -2.12. The van der Waals surface area contributed by atoms with Crippen molar-refractivity contribution in [2.75, 3.05) is 12.4 Å². The van der Waals surface area contributed by atoms with Crippen molar-refractivity contribution in [2.45, 2.75) is 6.54 Å². The van der Waals surface area contributed by atoms with Gasteiger partial charge in [-0.15, -0.1) is 0 Å². The Balaban J connectivity index is 2.22. The molecular weight excluding hydrogens is 404 g/mol. The fraction of sp³-hybridized carbons (Fsp3) is 0.143. The molecule has 110 valence electrons. The smallest absolute Gasteiger partial charge is 0.335 e. The normalized spacial score (nSPS) is 10.2. The quantitative estimate of drug-likeness (QED) is 0.774. The van der Waals surface area contributed by atoms with Crippen LogP contribution in [-0.2, 0) is 6.54 Å². The van der Waals surface area contributed by atoms with Gasteiger partial charge in [0.25, 0.3) is 0 Å². The van der Waals surface area contributed by atoms with E-state index < -0.39 is 5.97 Å². The Bertz CT molecular complexity index is 677. The summed E-state index contributed by atoms with van der Waals surface area (Å²) in [6, 6.07) is 6.55. The molecule has 0 saturated carbocycles. The molecule has 1 aromatic heterocycles. The van der Waals surface area contributed by atoms with Crippen LogP contribution in [0.3, 0.4) is 0 Å². The van der Waals surface area contributed by atoms with Gasteiger partial charge in [0.2, 0.25) is 0 Å². The summed E-state index contributed by atoms with van der Waals surface area (Å²) in [4.78, 5) is 15.3. The van der Waals surface area contributed by atoms with Crippen molar-refractivity contribution in [1.82, 2.24) is 4.98 Å². The number of pyridine rings is 1. The van der Waals surface area contributed by atoms with Gasteiger partial charge in [0.15, 0.2) is 0 Å². The second-order valence-corrected chi connectivity index (χ2v) is 5.93. The Morgan fingerprint density at radius 2 is 2.14 bits per heavy atom. The van der Waals surface area contributed by atoms with Crippen molar-refractivity contribution in [2.24, 2.45) is 0 Å². The third-order valence-electron chi connectivity index (χ3n) is 2.78. The second kappa shape index (κ2) is 6.91. The third-order valence-corrected chi connectivity index (χ3v) is 3.90. The molecule has 0 saturated heterocycles. The summed E-state index contributed by atoms with van der Waals surface area (Å²) in [5, 5.41) is 12.2. The van der Waals surface area contributed by atoms with Crippen LogP contribution in [-0.4, -0.2) is 23.2 Å². The molecule has 1 aromatic carbocycles. The number of nitrogens with zero attached hydrogens (tertiary/aromatic N) is 1. The van der Waals surface area contributed by atoms with Crippen molar-refractivity contribution < 1.29 is 14.6 Å². The molecule has 21 heavy (non-hydrogen) atoms. The first-order valence-electron chi connectivity index (χ1n) is 5.96. The van der Waals surface area contributed by atoms with Crippen LogP contribution >= 0.6 is 31.9 Å². The summed E-state index contributed by atoms with van der Waals surface area (Å²) in [6.45, 7) is 0.438. The van der Waals surface area contributed by atoms with E-state index in [0.29, 0.717) is 18.0 Å².